The van der Waals surface area contributed by atoms with Crippen LogP contribution < -0.4 is 16.0 Å². The third-order valence-corrected chi connectivity index (χ3v) is 4.39. The largest absolute Gasteiger partial charge is 0.359 e. The Balaban J connectivity index is 0.00000242. The van der Waals surface area contributed by atoms with Crippen LogP contribution in [0.4, 0.5) is 0 Å². The van der Waals surface area contributed by atoms with Crippen LogP contribution in [0, 0.1) is 5.41 Å². The number of likely N-dealkylation sites (tertiary alicyclic amines) is 1. The average Bonchev–Trinajstić information content (AvgIpc) is 3.22. The molecule has 1 aliphatic heterocycles. The molecule has 1 amide bonds. The van der Waals surface area contributed by atoms with E-state index in [1.165, 1.54) is 19.4 Å². The van der Waals surface area contributed by atoms with Gasteiger partial charge in [0.15, 0.2) is 5.96 Å². The van der Waals surface area contributed by atoms with E-state index >= 15 is 0 Å². The van der Waals surface area contributed by atoms with Crippen molar-refractivity contribution in [1.82, 2.24) is 20.9 Å². The number of guanidine groups is 1. The molecular weight excluding hydrogens is 393 g/mol. The lowest BCUT2D eigenvalue weighted by atomic mass is 9.92. The molecule has 6 nitrogen and oxygen atoms in total. The van der Waals surface area contributed by atoms with E-state index in [1.807, 2.05) is 13.8 Å². The average molecular weight is 423 g/mol. The van der Waals surface area contributed by atoms with E-state index in [1.54, 1.807) is 14.1 Å². The van der Waals surface area contributed by atoms with Gasteiger partial charge in [0.1, 0.15) is 0 Å². The molecule has 7 heteroatoms. The SMILES string of the molecule is CN=C(NCC(C)(C)C(=O)NC)NC1CCN(C2CC2)C1.I. The van der Waals surface area contributed by atoms with E-state index < -0.39 is 5.41 Å². The number of halogens is 1. The van der Waals surface area contributed by atoms with E-state index in [0.717, 1.165) is 25.0 Å². The predicted octanol–water partition coefficient (Wildman–Crippen LogP) is 0.778. The summed E-state index contributed by atoms with van der Waals surface area (Å²) in [5, 5.41) is 9.44. The fourth-order valence-corrected chi connectivity index (χ4v) is 2.79. The summed E-state index contributed by atoms with van der Waals surface area (Å²) in [5.74, 6) is 0.820. The van der Waals surface area contributed by atoms with Gasteiger partial charge in [0.2, 0.25) is 5.91 Å². The maximum atomic E-state index is 11.8. The number of nitrogens with one attached hydrogen (secondary N) is 3. The highest BCUT2D eigenvalue weighted by molar-refractivity contribution is 14.0. The Hall–Kier alpha value is -0.570. The summed E-state index contributed by atoms with van der Waals surface area (Å²) >= 11 is 0. The molecule has 1 heterocycles. The van der Waals surface area contributed by atoms with E-state index in [9.17, 15) is 4.79 Å². The highest BCUT2D eigenvalue weighted by Crippen LogP contribution is 2.29. The molecule has 1 unspecified atom stereocenters. The Morgan fingerprint density at radius 3 is 2.55 bits per heavy atom. The molecule has 128 valence electrons. The van der Waals surface area contributed by atoms with Crippen LogP contribution in [-0.2, 0) is 4.79 Å². The number of rotatable bonds is 5. The first-order valence-corrected chi connectivity index (χ1v) is 7.89. The van der Waals surface area contributed by atoms with Crippen molar-refractivity contribution < 1.29 is 4.79 Å². The van der Waals surface area contributed by atoms with Crippen molar-refractivity contribution in [1.29, 1.82) is 0 Å². The topological polar surface area (TPSA) is 68.8 Å². The van der Waals surface area contributed by atoms with Crippen LogP contribution in [0.15, 0.2) is 4.99 Å². The molecule has 1 saturated heterocycles. The highest BCUT2D eigenvalue weighted by Gasteiger charge is 2.34. The number of nitrogens with zero attached hydrogens (tertiary/aromatic N) is 2. The van der Waals surface area contributed by atoms with Crippen molar-refractivity contribution in [2.24, 2.45) is 10.4 Å². The standard InChI is InChI=1S/C15H29N5O.HI/c1-15(2,13(21)16-3)10-18-14(17-4)19-11-7-8-20(9-11)12-5-6-12;/h11-12H,5-10H2,1-4H3,(H,16,21)(H2,17,18,19);1H. The predicted molar refractivity (Wildman–Crippen MR) is 101 cm³/mol. The monoisotopic (exact) mass is 423 g/mol. The number of aliphatic imine (C=N–C) groups is 1. The maximum Gasteiger partial charge on any atom is 0.227 e. The minimum absolute atomic E-state index is 0. The smallest absolute Gasteiger partial charge is 0.227 e. The first kappa shape index (κ1) is 19.5. The lowest BCUT2D eigenvalue weighted by molar-refractivity contribution is -0.128. The zero-order valence-electron chi connectivity index (χ0n) is 14.1. The maximum absolute atomic E-state index is 11.8. The molecule has 2 aliphatic rings. The second-order valence-corrected chi connectivity index (χ2v) is 6.74. The molecule has 0 bridgehead atoms. The van der Waals surface area contributed by atoms with Crippen LogP contribution in [0.5, 0.6) is 0 Å². The van der Waals surface area contributed by atoms with Crippen molar-refractivity contribution in [2.45, 2.75) is 45.2 Å². The molecule has 1 aliphatic carbocycles. The first-order chi connectivity index (χ1) is 9.96. The number of amides is 1. The van der Waals surface area contributed by atoms with Gasteiger partial charge in [-0.25, -0.2) is 0 Å². The summed E-state index contributed by atoms with van der Waals surface area (Å²) in [6.07, 6.45) is 3.88. The Bertz CT molecular complexity index is 409. The van der Waals surface area contributed by atoms with Crippen molar-refractivity contribution in [2.75, 3.05) is 33.7 Å². The van der Waals surface area contributed by atoms with Gasteiger partial charge in [-0.3, -0.25) is 14.7 Å². The molecule has 2 fully saturated rings. The van der Waals surface area contributed by atoms with Crippen molar-refractivity contribution in [3.63, 3.8) is 0 Å². The third-order valence-electron chi connectivity index (χ3n) is 4.39. The second kappa shape index (κ2) is 8.33. The molecule has 22 heavy (non-hydrogen) atoms. The quantitative estimate of drug-likeness (QED) is 0.347. The van der Waals surface area contributed by atoms with E-state index in [4.69, 9.17) is 0 Å². The Morgan fingerprint density at radius 1 is 1.32 bits per heavy atom. The van der Waals surface area contributed by atoms with E-state index in [-0.39, 0.29) is 29.9 Å². The minimum atomic E-state index is -0.456. The third kappa shape index (κ3) is 5.26. The summed E-state index contributed by atoms with van der Waals surface area (Å²) in [6.45, 7) is 6.70. The van der Waals surface area contributed by atoms with Gasteiger partial charge in [-0.2, -0.15) is 0 Å². The van der Waals surface area contributed by atoms with Gasteiger partial charge < -0.3 is 16.0 Å². The minimum Gasteiger partial charge on any atom is -0.359 e. The summed E-state index contributed by atoms with van der Waals surface area (Å²) in [7, 11) is 3.44. The molecule has 0 aromatic rings. The summed E-state index contributed by atoms with van der Waals surface area (Å²) in [4.78, 5) is 18.6. The fraction of sp³-hybridized carbons (Fsp3) is 0.867. The molecule has 1 saturated carbocycles. The van der Waals surface area contributed by atoms with Gasteiger partial charge in [-0.15, -0.1) is 24.0 Å². The molecule has 0 spiro atoms. The summed E-state index contributed by atoms with van der Waals surface area (Å²) in [6, 6.07) is 1.29. The van der Waals surface area contributed by atoms with Crippen LogP contribution in [-0.4, -0.2) is 62.6 Å². The van der Waals surface area contributed by atoms with Gasteiger partial charge in [-0.1, -0.05) is 0 Å². The van der Waals surface area contributed by atoms with Crippen molar-refractivity contribution in [3.05, 3.63) is 0 Å². The fourth-order valence-electron chi connectivity index (χ4n) is 2.79. The molecule has 0 aromatic heterocycles. The summed E-state index contributed by atoms with van der Waals surface area (Å²) in [5.41, 5.74) is -0.456. The van der Waals surface area contributed by atoms with E-state index in [2.05, 4.69) is 25.8 Å². The van der Waals surface area contributed by atoms with Crippen LogP contribution in [0.2, 0.25) is 0 Å². The van der Waals surface area contributed by atoms with Crippen LogP contribution >= 0.6 is 24.0 Å². The zero-order valence-corrected chi connectivity index (χ0v) is 16.4. The lowest BCUT2D eigenvalue weighted by Gasteiger charge is -2.25. The number of carbonyl (C=O) groups is 1. The number of hydrogen-bond donors (Lipinski definition) is 3. The van der Waals surface area contributed by atoms with Gasteiger partial charge in [0.05, 0.1) is 5.41 Å². The van der Waals surface area contributed by atoms with Crippen molar-refractivity contribution >= 4 is 35.8 Å². The second-order valence-electron chi connectivity index (χ2n) is 6.74. The van der Waals surface area contributed by atoms with Gasteiger partial charge in [0, 0.05) is 45.8 Å². The molecule has 0 radical (unpaired) electrons. The Morgan fingerprint density at radius 2 is 2.00 bits per heavy atom. The summed E-state index contributed by atoms with van der Waals surface area (Å²) < 4.78 is 0. The number of carbonyl (C=O) groups excluding carboxylic acids is 1. The normalized spacial score (nSPS) is 22.9. The molecular formula is C15H30IN5O. The van der Waals surface area contributed by atoms with Crippen LogP contribution in [0.1, 0.15) is 33.1 Å². The lowest BCUT2D eigenvalue weighted by Crippen LogP contribution is -2.50. The Kier molecular flexibility index (Phi) is 7.37. The van der Waals surface area contributed by atoms with Crippen LogP contribution in [0.3, 0.4) is 0 Å². The van der Waals surface area contributed by atoms with Crippen LogP contribution in [0.25, 0.3) is 0 Å². The first-order valence-electron chi connectivity index (χ1n) is 7.89. The molecule has 1 atom stereocenters. The van der Waals surface area contributed by atoms with Gasteiger partial charge >= 0.3 is 0 Å². The molecule has 0 aromatic carbocycles. The Labute approximate surface area is 150 Å². The van der Waals surface area contributed by atoms with Gasteiger partial charge in [-0.05, 0) is 33.1 Å². The highest BCUT2D eigenvalue weighted by atomic mass is 127. The zero-order chi connectivity index (χ0) is 15.5. The van der Waals surface area contributed by atoms with E-state index in [0.29, 0.717) is 12.6 Å². The molecule has 2 rings (SSSR count). The number of hydrogen-bond acceptors (Lipinski definition) is 3. The molecule has 3 N–H and O–H groups in total. The van der Waals surface area contributed by atoms with Gasteiger partial charge in [0.25, 0.3) is 0 Å². The van der Waals surface area contributed by atoms with Crippen molar-refractivity contribution in [3.8, 4) is 0 Å².